The van der Waals surface area contributed by atoms with Gasteiger partial charge in [-0.25, -0.2) is 4.79 Å². The second-order valence-corrected chi connectivity index (χ2v) is 13.6. The molecule has 3 N–H and O–H groups in total. The summed E-state index contributed by atoms with van der Waals surface area (Å²) >= 11 is 0. The number of carbonyl (C=O) groups excluding carboxylic acids is 3. The van der Waals surface area contributed by atoms with Gasteiger partial charge in [0.05, 0.1) is 6.42 Å². The number of nitrogens with zero attached hydrogens (tertiary/aromatic N) is 2. The number of piperidine rings is 2. The first-order valence-electron chi connectivity index (χ1n) is 13.4. The van der Waals surface area contributed by atoms with Gasteiger partial charge in [-0.15, -0.1) is 0 Å². The maximum atomic E-state index is 13.6. The summed E-state index contributed by atoms with van der Waals surface area (Å²) in [5.41, 5.74) is 1.48. The van der Waals surface area contributed by atoms with Crippen LogP contribution in [-0.4, -0.2) is 77.8 Å². The molecule has 4 aliphatic heterocycles. The zero-order valence-electron chi connectivity index (χ0n) is 22.2. The number of nitrogens with one attached hydrogen (secondary N) is 3. The number of alkyl carbamates (subject to hydrolysis) is 1. The predicted octanol–water partition coefficient (Wildman–Crippen LogP) is 2.14. The number of ether oxygens (including phenoxy) is 1. The topological polar surface area (TPSA) is 137 Å². The summed E-state index contributed by atoms with van der Waals surface area (Å²) in [6, 6.07) is 4.67. The second-order valence-electron chi connectivity index (χ2n) is 11.8. The molecule has 1 aromatic rings. The van der Waals surface area contributed by atoms with Crippen molar-refractivity contribution >= 4 is 33.8 Å². The third kappa shape index (κ3) is 5.67. The van der Waals surface area contributed by atoms with Gasteiger partial charge in [-0.1, -0.05) is 0 Å². The molecule has 5 rings (SSSR count). The molecule has 11 nitrogen and oxygen atoms in total. The minimum Gasteiger partial charge on any atom is -0.444 e. The summed E-state index contributed by atoms with van der Waals surface area (Å²) < 4.78 is 35.8. The second kappa shape index (κ2) is 10.1. The van der Waals surface area contributed by atoms with E-state index in [2.05, 4.69) is 16.0 Å². The van der Waals surface area contributed by atoms with Gasteiger partial charge >= 0.3 is 6.09 Å². The van der Waals surface area contributed by atoms with Crippen LogP contribution in [0.25, 0.3) is 0 Å². The van der Waals surface area contributed by atoms with Gasteiger partial charge in [-0.2, -0.15) is 17.0 Å². The summed E-state index contributed by atoms with van der Waals surface area (Å²) in [4.78, 5) is 36.6. The minimum atomic E-state index is -3.65. The van der Waals surface area contributed by atoms with E-state index in [1.807, 2.05) is 0 Å². The number of benzene rings is 1. The Morgan fingerprint density at radius 2 is 1.66 bits per heavy atom. The number of hydrogen-bond acceptors (Lipinski definition) is 6. The molecule has 4 heterocycles. The van der Waals surface area contributed by atoms with Gasteiger partial charge in [0.25, 0.3) is 16.1 Å². The third-order valence-corrected chi connectivity index (χ3v) is 9.91. The fraction of sp³-hybridized carbons (Fsp3) is 0.654. The fourth-order valence-electron chi connectivity index (χ4n) is 6.11. The van der Waals surface area contributed by atoms with Crippen molar-refractivity contribution in [2.75, 3.05) is 18.4 Å². The monoisotopic (exact) mass is 547 g/mol. The molecule has 1 unspecified atom stereocenters. The highest BCUT2D eigenvalue weighted by atomic mass is 32.2. The van der Waals surface area contributed by atoms with Crippen molar-refractivity contribution in [1.29, 1.82) is 0 Å². The number of hydrogen-bond donors (Lipinski definition) is 3. The van der Waals surface area contributed by atoms with E-state index in [1.165, 1.54) is 4.31 Å². The summed E-state index contributed by atoms with van der Waals surface area (Å²) in [7, 11) is -3.65. The van der Waals surface area contributed by atoms with Crippen molar-refractivity contribution in [3.8, 4) is 0 Å². The van der Waals surface area contributed by atoms with Gasteiger partial charge in [0.15, 0.2) is 0 Å². The number of anilines is 1. The molecule has 12 heteroatoms. The Kier molecular flexibility index (Phi) is 7.16. The maximum absolute atomic E-state index is 13.6. The first kappa shape index (κ1) is 26.9. The van der Waals surface area contributed by atoms with Crippen molar-refractivity contribution < 1.29 is 27.5 Å². The first-order valence-corrected chi connectivity index (χ1v) is 14.8. The molecule has 3 saturated heterocycles. The molecule has 208 valence electrons. The van der Waals surface area contributed by atoms with Gasteiger partial charge in [0.2, 0.25) is 5.91 Å². The molecule has 1 aromatic carbocycles. The molecule has 3 atom stereocenters. The quantitative estimate of drug-likeness (QED) is 0.517. The lowest BCUT2D eigenvalue weighted by atomic mass is 9.99. The number of carbonyl (C=O) groups is 3. The highest BCUT2D eigenvalue weighted by Gasteiger charge is 2.49. The zero-order chi connectivity index (χ0) is 27.2. The zero-order valence-corrected chi connectivity index (χ0v) is 23.0. The predicted molar refractivity (Wildman–Crippen MR) is 141 cm³/mol. The van der Waals surface area contributed by atoms with Gasteiger partial charge in [-0.05, 0) is 83.1 Å². The molecular formula is C26H37N5O6S. The molecule has 0 aromatic heterocycles. The SMILES string of the molecule is CC(C)(C)OC(=O)NC1CCN(S(=O)(=O)N2[C@@H]3CC[C@H]2CC(NC(=O)c2ccc4c(c2)CC(=O)N4)C3)CC1. The van der Waals surface area contributed by atoms with Crippen LogP contribution in [0.3, 0.4) is 0 Å². The van der Waals surface area contributed by atoms with E-state index in [-0.39, 0.29) is 42.4 Å². The molecular weight excluding hydrogens is 510 g/mol. The van der Waals surface area contributed by atoms with Gasteiger partial charge in [0.1, 0.15) is 5.60 Å². The van der Waals surface area contributed by atoms with E-state index in [0.29, 0.717) is 44.3 Å². The lowest BCUT2D eigenvalue weighted by Gasteiger charge is -2.42. The van der Waals surface area contributed by atoms with Crippen LogP contribution in [0.5, 0.6) is 0 Å². The Balaban J connectivity index is 1.16. The van der Waals surface area contributed by atoms with E-state index in [4.69, 9.17) is 4.74 Å². The highest BCUT2D eigenvalue weighted by molar-refractivity contribution is 7.86. The van der Waals surface area contributed by atoms with Crippen molar-refractivity contribution in [2.45, 2.75) is 95.5 Å². The molecule has 0 spiro atoms. The van der Waals surface area contributed by atoms with Crippen molar-refractivity contribution in [1.82, 2.24) is 19.2 Å². The van der Waals surface area contributed by atoms with Crippen molar-refractivity contribution in [3.63, 3.8) is 0 Å². The standard InChI is InChI=1S/C26H37N5O6S/c1-26(2,3)37-25(34)28-18-8-10-30(11-9-18)38(35,36)31-20-5-6-21(31)15-19(14-20)27-24(33)16-4-7-22-17(12-16)13-23(32)29-22/h4,7,12,18-21H,5-6,8-11,13-15H2,1-3H3,(H,27,33)(H,28,34)(H,29,32)/t19?,20-,21+. The Morgan fingerprint density at radius 3 is 2.29 bits per heavy atom. The largest absolute Gasteiger partial charge is 0.444 e. The highest BCUT2D eigenvalue weighted by Crippen LogP contribution is 2.39. The van der Waals surface area contributed by atoms with E-state index >= 15 is 0 Å². The average molecular weight is 548 g/mol. The molecule has 2 bridgehead atoms. The van der Waals surface area contributed by atoms with Crippen LogP contribution in [0, 0.1) is 0 Å². The molecule has 0 radical (unpaired) electrons. The Hall–Kier alpha value is -2.70. The molecule has 0 saturated carbocycles. The summed E-state index contributed by atoms with van der Waals surface area (Å²) in [5, 5.41) is 8.72. The van der Waals surface area contributed by atoms with Crippen LogP contribution >= 0.6 is 0 Å². The Morgan fingerprint density at radius 1 is 1.00 bits per heavy atom. The van der Waals surface area contributed by atoms with Crippen LogP contribution in [0.1, 0.15) is 75.2 Å². The normalized spacial score (nSPS) is 26.5. The number of fused-ring (bicyclic) bond motifs is 3. The summed E-state index contributed by atoms with van der Waals surface area (Å²) in [6.45, 7) is 6.10. The average Bonchev–Trinajstić information content (AvgIpc) is 3.34. The number of amides is 3. The maximum Gasteiger partial charge on any atom is 0.407 e. The van der Waals surface area contributed by atoms with E-state index in [1.54, 1.807) is 43.3 Å². The first-order chi connectivity index (χ1) is 17.9. The third-order valence-electron chi connectivity index (χ3n) is 7.76. The van der Waals surface area contributed by atoms with E-state index in [0.717, 1.165) is 24.1 Å². The molecule has 3 amide bonds. The summed E-state index contributed by atoms with van der Waals surface area (Å²) in [6.07, 6.45) is 3.55. The van der Waals surface area contributed by atoms with Crippen LogP contribution < -0.4 is 16.0 Å². The molecule has 4 aliphatic rings. The fourth-order valence-corrected chi connectivity index (χ4v) is 8.18. The van der Waals surface area contributed by atoms with Crippen molar-refractivity contribution in [2.24, 2.45) is 0 Å². The van der Waals surface area contributed by atoms with Crippen LogP contribution in [0.15, 0.2) is 18.2 Å². The number of rotatable bonds is 5. The lowest BCUT2D eigenvalue weighted by molar-refractivity contribution is -0.115. The van der Waals surface area contributed by atoms with Crippen LogP contribution in [0.4, 0.5) is 10.5 Å². The lowest BCUT2D eigenvalue weighted by Crippen LogP contribution is -2.57. The van der Waals surface area contributed by atoms with Crippen LogP contribution in [0.2, 0.25) is 0 Å². The molecule has 0 aliphatic carbocycles. The molecule has 3 fully saturated rings. The van der Waals surface area contributed by atoms with Crippen LogP contribution in [-0.2, 0) is 26.2 Å². The van der Waals surface area contributed by atoms with Crippen molar-refractivity contribution in [3.05, 3.63) is 29.3 Å². The minimum absolute atomic E-state index is 0.0776. The Bertz CT molecular complexity index is 1210. The van der Waals surface area contributed by atoms with Gasteiger partial charge in [-0.3, -0.25) is 9.59 Å². The molecule has 38 heavy (non-hydrogen) atoms. The smallest absolute Gasteiger partial charge is 0.407 e. The van der Waals surface area contributed by atoms with Gasteiger partial charge in [0, 0.05) is 48.5 Å². The van der Waals surface area contributed by atoms with E-state index in [9.17, 15) is 22.8 Å². The summed E-state index contributed by atoms with van der Waals surface area (Å²) in [5.74, 6) is -0.279. The van der Waals surface area contributed by atoms with E-state index < -0.39 is 21.9 Å². The Labute approximate surface area is 223 Å². The van der Waals surface area contributed by atoms with Gasteiger partial charge < -0.3 is 20.7 Å².